The first kappa shape index (κ1) is 15.3. The van der Waals surface area contributed by atoms with Crippen molar-refractivity contribution in [1.29, 1.82) is 5.41 Å². The van der Waals surface area contributed by atoms with E-state index in [-0.39, 0.29) is 17.7 Å². The van der Waals surface area contributed by atoms with Crippen molar-refractivity contribution >= 4 is 19.9 Å². The molecule has 0 aliphatic rings. The number of carbonyl (C=O) groups excluding carboxylic acids is 1. The van der Waals surface area contributed by atoms with Gasteiger partial charge in [-0.15, -0.1) is 0 Å². The van der Waals surface area contributed by atoms with Gasteiger partial charge in [0.25, 0.3) is 0 Å². The Morgan fingerprint density at radius 3 is 2.68 bits per heavy atom. The summed E-state index contributed by atoms with van der Waals surface area (Å²) in [4.78, 5) is 11.5. The molecule has 4 nitrogen and oxygen atoms in total. The largest absolute Gasteiger partial charge is 0.555 e. The van der Waals surface area contributed by atoms with Crippen LogP contribution in [0.1, 0.15) is 18.9 Å². The highest BCUT2D eigenvalue weighted by Gasteiger charge is 2.22. The second-order valence-corrected chi connectivity index (χ2v) is 4.50. The fourth-order valence-electron chi connectivity index (χ4n) is 2.01. The van der Waals surface area contributed by atoms with Crippen LogP contribution in [-0.2, 0) is 20.6 Å². The lowest BCUT2D eigenvalue weighted by Crippen LogP contribution is -2.19. The molecule has 5 heteroatoms. The van der Waals surface area contributed by atoms with Gasteiger partial charge in [0.2, 0.25) is 0 Å². The molecule has 0 saturated heterocycles. The highest BCUT2D eigenvalue weighted by atomic mass is 16.5. The van der Waals surface area contributed by atoms with E-state index in [2.05, 4.69) is 0 Å². The normalized spacial score (nSPS) is 13.2. The number of nitrogens with one attached hydrogen (secondary N) is 1. The Morgan fingerprint density at radius 2 is 2.11 bits per heavy atom. The molecule has 0 bridgehead atoms. The summed E-state index contributed by atoms with van der Waals surface area (Å²) >= 11 is 0. The van der Waals surface area contributed by atoms with Gasteiger partial charge in [0.05, 0.1) is 13.0 Å². The predicted molar refractivity (Wildman–Crippen MR) is 75.3 cm³/mol. The van der Waals surface area contributed by atoms with E-state index in [0.717, 1.165) is 12.8 Å². The molecule has 0 spiro atoms. The van der Waals surface area contributed by atoms with Crippen LogP contribution < -0.4 is 0 Å². The number of rotatable bonds is 8. The van der Waals surface area contributed by atoms with Crippen LogP contribution in [0.25, 0.3) is 0 Å². The van der Waals surface area contributed by atoms with Crippen LogP contribution in [-0.4, -0.2) is 27.0 Å². The SMILES string of the molecule is COC(=O)[C@@H](C)C[C@@H]([B]OC=N)Cc1ccccc1. The Balaban J connectivity index is 2.61. The third kappa shape index (κ3) is 5.59. The van der Waals surface area contributed by atoms with Crippen molar-refractivity contribution in [2.75, 3.05) is 7.11 Å². The van der Waals surface area contributed by atoms with Gasteiger partial charge in [0.15, 0.2) is 0 Å². The molecule has 2 atom stereocenters. The Bertz CT molecular complexity index is 397. The number of esters is 1. The molecule has 0 saturated carbocycles. The zero-order chi connectivity index (χ0) is 14.1. The summed E-state index contributed by atoms with van der Waals surface area (Å²) in [5, 5.41) is 6.91. The number of carbonyl (C=O) groups is 1. The number of ether oxygens (including phenoxy) is 1. The minimum absolute atomic E-state index is 0.0677. The average molecular weight is 260 g/mol. The first-order valence-electron chi connectivity index (χ1n) is 6.26. The van der Waals surface area contributed by atoms with Crippen LogP contribution in [0.5, 0.6) is 0 Å². The monoisotopic (exact) mass is 260 g/mol. The van der Waals surface area contributed by atoms with Crippen molar-refractivity contribution in [3.63, 3.8) is 0 Å². The van der Waals surface area contributed by atoms with Crippen LogP contribution in [0.15, 0.2) is 30.3 Å². The first-order valence-corrected chi connectivity index (χ1v) is 6.26. The number of methoxy groups -OCH3 is 1. The standard InChI is InChI=1S/C14H19BNO3/c1-11(14(17)18-2)8-13(15-19-10-16)9-12-6-4-3-5-7-12/h3-7,10-11,13,16H,8-9H2,1-2H3/t11-,13+/m0/s1. The van der Waals surface area contributed by atoms with E-state index < -0.39 is 0 Å². The van der Waals surface area contributed by atoms with Crippen LogP contribution in [0, 0.1) is 11.3 Å². The van der Waals surface area contributed by atoms with Gasteiger partial charge in [-0.3, -0.25) is 10.2 Å². The molecule has 1 aromatic rings. The van der Waals surface area contributed by atoms with E-state index in [1.807, 2.05) is 37.3 Å². The van der Waals surface area contributed by atoms with Gasteiger partial charge in [-0.05, 0) is 24.2 Å². The second-order valence-electron chi connectivity index (χ2n) is 4.50. The van der Waals surface area contributed by atoms with Crippen molar-refractivity contribution in [2.45, 2.75) is 25.6 Å². The lowest BCUT2D eigenvalue weighted by molar-refractivity contribution is -0.145. The highest BCUT2D eigenvalue weighted by molar-refractivity contribution is 6.31. The van der Waals surface area contributed by atoms with E-state index in [1.54, 1.807) is 7.48 Å². The maximum absolute atomic E-state index is 11.5. The third-order valence-corrected chi connectivity index (χ3v) is 2.94. The number of benzene rings is 1. The van der Waals surface area contributed by atoms with Gasteiger partial charge in [-0.1, -0.05) is 37.3 Å². The summed E-state index contributed by atoms with van der Waals surface area (Å²) in [5.74, 6) is -0.344. The molecule has 1 N–H and O–H groups in total. The summed E-state index contributed by atoms with van der Waals surface area (Å²) < 4.78 is 9.68. The fourth-order valence-corrected chi connectivity index (χ4v) is 2.01. The van der Waals surface area contributed by atoms with Crippen LogP contribution in [0.3, 0.4) is 0 Å². The lowest BCUT2D eigenvalue weighted by Gasteiger charge is -2.17. The third-order valence-electron chi connectivity index (χ3n) is 2.94. The second kappa shape index (κ2) is 8.35. The van der Waals surface area contributed by atoms with Crippen LogP contribution in [0.4, 0.5) is 0 Å². The topological polar surface area (TPSA) is 59.4 Å². The number of hydrogen-bond acceptors (Lipinski definition) is 4. The van der Waals surface area contributed by atoms with Gasteiger partial charge < -0.3 is 9.39 Å². The molecule has 0 aliphatic heterocycles. The molecule has 0 fully saturated rings. The molecule has 1 aromatic carbocycles. The summed E-state index contributed by atoms with van der Waals surface area (Å²) in [6, 6.07) is 10.00. The van der Waals surface area contributed by atoms with Gasteiger partial charge in [-0.25, -0.2) is 0 Å². The molecule has 1 radical (unpaired) electrons. The van der Waals surface area contributed by atoms with Crippen molar-refractivity contribution in [3.05, 3.63) is 35.9 Å². The molecule has 19 heavy (non-hydrogen) atoms. The maximum Gasteiger partial charge on any atom is 0.374 e. The Hall–Kier alpha value is -1.78. The molecular formula is C14H19BNO3. The first-order chi connectivity index (χ1) is 9.17. The molecule has 0 aliphatic carbocycles. The van der Waals surface area contributed by atoms with E-state index in [1.165, 1.54) is 12.7 Å². The Labute approximate surface area is 114 Å². The number of hydrogen-bond donors (Lipinski definition) is 1. The minimum Gasteiger partial charge on any atom is -0.555 e. The van der Waals surface area contributed by atoms with Crippen molar-refractivity contribution < 1.29 is 14.2 Å². The van der Waals surface area contributed by atoms with Crippen molar-refractivity contribution in [3.8, 4) is 0 Å². The van der Waals surface area contributed by atoms with E-state index in [9.17, 15) is 4.79 Å². The van der Waals surface area contributed by atoms with Crippen LogP contribution >= 0.6 is 0 Å². The van der Waals surface area contributed by atoms with Gasteiger partial charge in [-0.2, -0.15) is 0 Å². The van der Waals surface area contributed by atoms with Gasteiger partial charge >= 0.3 is 13.5 Å². The molecular weight excluding hydrogens is 241 g/mol. The molecule has 0 aromatic heterocycles. The zero-order valence-electron chi connectivity index (χ0n) is 11.3. The smallest absolute Gasteiger partial charge is 0.374 e. The lowest BCUT2D eigenvalue weighted by atomic mass is 9.71. The minimum atomic E-state index is -0.221. The summed E-state index contributed by atoms with van der Waals surface area (Å²) in [7, 11) is 3.00. The van der Waals surface area contributed by atoms with Gasteiger partial charge in [0.1, 0.15) is 6.40 Å². The van der Waals surface area contributed by atoms with E-state index >= 15 is 0 Å². The molecule has 0 heterocycles. The summed E-state index contributed by atoms with van der Waals surface area (Å²) in [5.41, 5.74) is 1.18. The fraction of sp³-hybridized carbons (Fsp3) is 0.429. The van der Waals surface area contributed by atoms with Gasteiger partial charge in [0, 0.05) is 0 Å². The Morgan fingerprint density at radius 1 is 1.42 bits per heavy atom. The zero-order valence-corrected chi connectivity index (χ0v) is 11.3. The quantitative estimate of drug-likeness (QED) is 0.338. The average Bonchev–Trinajstić information content (AvgIpc) is 2.44. The van der Waals surface area contributed by atoms with Crippen LogP contribution in [0.2, 0.25) is 5.82 Å². The summed E-state index contributed by atoms with van der Waals surface area (Å²) in [6.45, 7) is 1.84. The van der Waals surface area contributed by atoms with Crippen molar-refractivity contribution in [2.24, 2.45) is 5.92 Å². The maximum atomic E-state index is 11.5. The Kier molecular flexibility index (Phi) is 6.72. The summed E-state index contributed by atoms with van der Waals surface area (Å²) in [6.07, 6.45) is 2.30. The molecule has 0 amide bonds. The van der Waals surface area contributed by atoms with E-state index in [0.29, 0.717) is 6.42 Å². The highest BCUT2D eigenvalue weighted by Crippen LogP contribution is 2.22. The predicted octanol–water partition coefficient (Wildman–Crippen LogP) is 2.46. The molecule has 1 rings (SSSR count). The van der Waals surface area contributed by atoms with E-state index in [4.69, 9.17) is 14.8 Å². The van der Waals surface area contributed by atoms with Crippen molar-refractivity contribution in [1.82, 2.24) is 0 Å². The molecule has 101 valence electrons. The molecule has 0 unspecified atom stereocenters.